The Hall–Kier alpha value is -1.12. The quantitative estimate of drug-likeness (QED) is 0.531. The third-order valence-corrected chi connectivity index (χ3v) is 8.57. The van der Waals surface area contributed by atoms with Crippen LogP contribution < -0.4 is 0 Å². The summed E-state index contributed by atoms with van der Waals surface area (Å²) in [6.45, 7) is 8.71. The van der Waals surface area contributed by atoms with Gasteiger partial charge in [-0.3, -0.25) is 9.59 Å². The van der Waals surface area contributed by atoms with E-state index in [2.05, 4.69) is 13.5 Å². The molecule has 6 atom stereocenters. The second-order valence-electron chi connectivity index (χ2n) is 9.47. The average molecular weight is 330 g/mol. The third-order valence-electron chi connectivity index (χ3n) is 8.57. The molecule has 1 spiro atoms. The van der Waals surface area contributed by atoms with Gasteiger partial charge < -0.3 is 4.74 Å². The van der Waals surface area contributed by atoms with Crippen LogP contribution >= 0.6 is 0 Å². The van der Waals surface area contributed by atoms with E-state index in [1.165, 1.54) is 19.1 Å². The largest absolute Gasteiger partial charge is 0.469 e. The Balaban J connectivity index is 1.79. The molecule has 4 aliphatic carbocycles. The summed E-state index contributed by atoms with van der Waals surface area (Å²) >= 11 is 0. The topological polar surface area (TPSA) is 43.4 Å². The minimum absolute atomic E-state index is 0.0741. The molecule has 4 fully saturated rings. The van der Waals surface area contributed by atoms with Crippen molar-refractivity contribution in [1.29, 1.82) is 0 Å². The van der Waals surface area contributed by atoms with Crippen molar-refractivity contribution in [1.82, 2.24) is 0 Å². The summed E-state index contributed by atoms with van der Waals surface area (Å²) in [5.74, 6) is 1.39. The maximum atomic E-state index is 13.4. The van der Waals surface area contributed by atoms with Crippen LogP contribution in [0.3, 0.4) is 0 Å². The Labute approximate surface area is 145 Å². The molecule has 4 rings (SSSR count). The van der Waals surface area contributed by atoms with Crippen molar-refractivity contribution >= 4 is 11.8 Å². The van der Waals surface area contributed by atoms with Crippen molar-refractivity contribution in [3.63, 3.8) is 0 Å². The van der Waals surface area contributed by atoms with Crippen molar-refractivity contribution in [2.45, 2.75) is 65.2 Å². The number of hydrogen-bond acceptors (Lipinski definition) is 3. The van der Waals surface area contributed by atoms with E-state index in [9.17, 15) is 9.59 Å². The number of rotatable bonds is 1. The highest BCUT2D eigenvalue weighted by Gasteiger charge is 2.68. The van der Waals surface area contributed by atoms with Crippen molar-refractivity contribution in [3.8, 4) is 0 Å². The van der Waals surface area contributed by atoms with Gasteiger partial charge in [-0.05, 0) is 68.6 Å². The molecule has 0 amide bonds. The molecular weight excluding hydrogens is 300 g/mol. The Morgan fingerprint density at radius 1 is 1.21 bits per heavy atom. The summed E-state index contributed by atoms with van der Waals surface area (Å²) in [7, 11) is 1.48. The summed E-state index contributed by atoms with van der Waals surface area (Å²) in [5, 5.41) is 0. The van der Waals surface area contributed by atoms with Crippen LogP contribution in [0.25, 0.3) is 0 Å². The van der Waals surface area contributed by atoms with Crippen LogP contribution in [0.4, 0.5) is 0 Å². The number of allylic oxidation sites excluding steroid dienone is 1. The van der Waals surface area contributed by atoms with Gasteiger partial charge >= 0.3 is 5.97 Å². The lowest BCUT2D eigenvalue weighted by Gasteiger charge is -2.62. The van der Waals surface area contributed by atoms with Gasteiger partial charge in [0, 0.05) is 11.8 Å². The standard InChI is InChI=1S/C21H30O3/c1-13-11-21-12-14(13)6-7-15(21)19(2)8-5-9-20(3,18(23)24-4)16(19)10-17(21)22/h14-16H,1,5-12H2,2-4H3/t14-,15+,16+,19+,20+,21+/m1/s1. The lowest BCUT2D eigenvalue weighted by molar-refractivity contribution is -0.186. The number of esters is 1. The molecule has 3 nitrogen and oxygen atoms in total. The molecule has 0 N–H and O–H groups in total. The zero-order valence-electron chi connectivity index (χ0n) is 15.3. The van der Waals surface area contributed by atoms with Crippen LogP contribution in [-0.4, -0.2) is 18.9 Å². The highest BCUT2D eigenvalue weighted by atomic mass is 16.5. The number of Topliss-reactive ketones (excluding diaryl/α,β-unsaturated/α-hetero) is 1. The van der Waals surface area contributed by atoms with Crippen molar-refractivity contribution in [2.75, 3.05) is 7.11 Å². The molecule has 0 aromatic heterocycles. The summed E-state index contributed by atoms with van der Waals surface area (Å²) in [4.78, 5) is 26.0. The molecule has 4 saturated carbocycles. The lowest BCUT2D eigenvalue weighted by atomic mass is 9.40. The monoisotopic (exact) mass is 330 g/mol. The fourth-order valence-corrected chi connectivity index (χ4v) is 7.44. The normalized spacial score (nSPS) is 50.2. The molecule has 24 heavy (non-hydrogen) atoms. The van der Waals surface area contributed by atoms with Gasteiger partial charge in [-0.25, -0.2) is 0 Å². The molecule has 0 aromatic carbocycles. The van der Waals surface area contributed by atoms with Crippen molar-refractivity contribution in [3.05, 3.63) is 12.2 Å². The van der Waals surface area contributed by atoms with Crippen LogP contribution in [0.1, 0.15) is 65.2 Å². The lowest BCUT2D eigenvalue weighted by Crippen LogP contribution is -2.61. The molecule has 0 radical (unpaired) electrons. The fourth-order valence-electron chi connectivity index (χ4n) is 7.44. The Bertz CT molecular complexity index is 623. The van der Waals surface area contributed by atoms with Gasteiger partial charge in [0.05, 0.1) is 12.5 Å². The fraction of sp³-hybridized carbons (Fsp3) is 0.810. The van der Waals surface area contributed by atoms with E-state index < -0.39 is 5.41 Å². The number of ketones is 1. The van der Waals surface area contributed by atoms with Crippen LogP contribution in [0.2, 0.25) is 0 Å². The highest BCUT2D eigenvalue weighted by Crippen LogP contribution is 2.71. The van der Waals surface area contributed by atoms with Crippen LogP contribution in [-0.2, 0) is 14.3 Å². The second kappa shape index (κ2) is 4.95. The Kier molecular flexibility index (Phi) is 3.38. The van der Waals surface area contributed by atoms with E-state index in [1.807, 2.05) is 6.92 Å². The number of carbonyl (C=O) groups excluding carboxylic acids is 2. The molecule has 4 aliphatic rings. The number of hydrogen-bond donors (Lipinski definition) is 0. The van der Waals surface area contributed by atoms with Gasteiger partial charge in [0.2, 0.25) is 0 Å². The molecule has 0 heterocycles. The van der Waals surface area contributed by atoms with E-state index >= 15 is 0 Å². The molecule has 0 saturated heterocycles. The molecule has 0 aliphatic heterocycles. The van der Waals surface area contributed by atoms with Crippen molar-refractivity contribution in [2.24, 2.45) is 34.0 Å². The van der Waals surface area contributed by atoms with Crippen molar-refractivity contribution < 1.29 is 14.3 Å². The Morgan fingerprint density at radius 2 is 1.96 bits per heavy atom. The predicted molar refractivity (Wildman–Crippen MR) is 92.2 cm³/mol. The van der Waals surface area contributed by atoms with Gasteiger partial charge in [0.15, 0.2) is 0 Å². The minimum Gasteiger partial charge on any atom is -0.469 e. The smallest absolute Gasteiger partial charge is 0.311 e. The van der Waals surface area contributed by atoms with Gasteiger partial charge in [0.25, 0.3) is 0 Å². The first-order valence-corrected chi connectivity index (χ1v) is 9.57. The molecular formula is C21H30O3. The minimum atomic E-state index is -0.508. The maximum absolute atomic E-state index is 13.4. The third kappa shape index (κ3) is 1.79. The zero-order valence-corrected chi connectivity index (χ0v) is 15.3. The Morgan fingerprint density at radius 3 is 2.67 bits per heavy atom. The SMILES string of the molecule is C=C1C[C@]23C[C@H]1CC[C@H]2[C@]1(C)CCC[C@](C)(C(=O)OC)[C@H]1CC3=O. The molecule has 2 bridgehead atoms. The van der Waals surface area contributed by atoms with Gasteiger partial charge in [-0.2, -0.15) is 0 Å². The highest BCUT2D eigenvalue weighted by molar-refractivity contribution is 5.89. The molecule has 132 valence electrons. The average Bonchev–Trinajstić information content (AvgIpc) is 2.80. The van der Waals surface area contributed by atoms with E-state index in [-0.39, 0.29) is 22.7 Å². The van der Waals surface area contributed by atoms with Crippen LogP contribution in [0.15, 0.2) is 12.2 Å². The zero-order chi connectivity index (χ0) is 17.3. The van der Waals surface area contributed by atoms with E-state index in [0.717, 1.165) is 38.5 Å². The van der Waals surface area contributed by atoms with Crippen LogP contribution in [0.5, 0.6) is 0 Å². The van der Waals surface area contributed by atoms with Gasteiger partial charge in [-0.15, -0.1) is 0 Å². The molecule has 0 aromatic rings. The first-order chi connectivity index (χ1) is 11.3. The summed E-state index contributed by atoms with van der Waals surface area (Å²) in [6.07, 6.45) is 7.83. The molecule has 0 unspecified atom stereocenters. The number of ether oxygens (including phenoxy) is 1. The second-order valence-corrected chi connectivity index (χ2v) is 9.47. The summed E-state index contributed by atoms with van der Waals surface area (Å²) in [6, 6.07) is 0. The summed E-state index contributed by atoms with van der Waals surface area (Å²) in [5.41, 5.74) is 0.704. The first-order valence-electron chi connectivity index (χ1n) is 9.57. The maximum Gasteiger partial charge on any atom is 0.311 e. The summed E-state index contributed by atoms with van der Waals surface area (Å²) < 4.78 is 5.17. The van der Waals surface area contributed by atoms with E-state index in [1.54, 1.807) is 0 Å². The van der Waals surface area contributed by atoms with Gasteiger partial charge in [0.1, 0.15) is 5.78 Å². The molecule has 3 heteroatoms. The first kappa shape index (κ1) is 16.4. The van der Waals surface area contributed by atoms with Gasteiger partial charge in [-0.1, -0.05) is 25.5 Å². The number of carbonyl (C=O) groups is 2. The number of methoxy groups -OCH3 is 1. The van der Waals surface area contributed by atoms with Crippen LogP contribution in [0, 0.1) is 34.0 Å². The van der Waals surface area contributed by atoms with E-state index in [4.69, 9.17) is 4.74 Å². The predicted octanol–water partition coefficient (Wildman–Crippen LogP) is 4.31. The van der Waals surface area contributed by atoms with E-state index in [0.29, 0.717) is 24.0 Å². The number of fused-ring (bicyclic) bond motifs is 3.